The van der Waals surface area contributed by atoms with Gasteiger partial charge in [0.1, 0.15) is 12.2 Å². The molecule has 0 amide bonds. The summed E-state index contributed by atoms with van der Waals surface area (Å²) in [5.74, 6) is 1.02. The van der Waals surface area contributed by atoms with Crippen LogP contribution in [0.2, 0.25) is 0 Å². The van der Waals surface area contributed by atoms with Crippen LogP contribution >= 0.6 is 0 Å². The predicted molar refractivity (Wildman–Crippen MR) is 175 cm³/mol. The second kappa shape index (κ2) is 20.3. The van der Waals surface area contributed by atoms with Gasteiger partial charge in [-0.15, -0.1) is 0 Å². The number of carbonyl (C=O) groups excluding carboxylic acids is 3. The number of rotatable bonds is 11. The third-order valence-corrected chi connectivity index (χ3v) is 9.04. The van der Waals surface area contributed by atoms with Gasteiger partial charge in [0.05, 0.1) is 6.61 Å². The van der Waals surface area contributed by atoms with Crippen LogP contribution in [0.5, 0.6) is 0 Å². The van der Waals surface area contributed by atoms with Crippen molar-refractivity contribution < 1.29 is 43.4 Å². The molecule has 9 heteroatoms. The summed E-state index contributed by atoms with van der Waals surface area (Å²) in [7, 11) is 0. The molecule has 2 fully saturated rings. The van der Waals surface area contributed by atoms with E-state index < -0.39 is 12.3 Å². The molecule has 0 bridgehead atoms. The monoisotopic (exact) mass is 642 g/mol. The van der Waals surface area contributed by atoms with Crippen LogP contribution in [0.4, 0.5) is 9.59 Å². The molecule has 9 nitrogen and oxygen atoms in total. The smallest absolute Gasteiger partial charge is 0.428 e. The van der Waals surface area contributed by atoms with Crippen molar-refractivity contribution in [3.63, 3.8) is 0 Å². The van der Waals surface area contributed by atoms with Crippen molar-refractivity contribution in [1.82, 2.24) is 0 Å². The molecule has 2 aliphatic carbocycles. The zero-order valence-electron chi connectivity index (χ0n) is 30.3. The highest BCUT2D eigenvalue weighted by molar-refractivity contribution is 5.68. The Morgan fingerprint density at radius 1 is 0.578 bits per heavy atom. The standard InChI is InChI=1S/C22H38O6.C14H28O3/c1-21(2,3)15-7-11-17(12-8-15)25-19(23)27-28-20(24)26-18-13-9-16(10-14-18)22(4,5)6;1-5-6-12-16-17-13(15)10-8-7-9-11-14(2,3)4/h15-18H,7-14H2,1-6H3;5-12H2,1-4H3. The molecule has 0 spiro atoms. The Morgan fingerprint density at radius 3 is 1.40 bits per heavy atom. The van der Waals surface area contributed by atoms with E-state index in [2.05, 4.69) is 83.9 Å². The van der Waals surface area contributed by atoms with Gasteiger partial charge in [0.25, 0.3) is 0 Å². The summed E-state index contributed by atoms with van der Waals surface area (Å²) in [5, 5.41) is 0. The van der Waals surface area contributed by atoms with Crippen LogP contribution in [-0.4, -0.2) is 37.1 Å². The maximum Gasteiger partial charge on any atom is 0.550 e. The highest BCUT2D eigenvalue weighted by Gasteiger charge is 2.33. The van der Waals surface area contributed by atoms with Crippen LogP contribution in [0.25, 0.3) is 0 Å². The summed E-state index contributed by atoms with van der Waals surface area (Å²) in [6.45, 7) is 22.7. The lowest BCUT2D eigenvalue weighted by Gasteiger charge is -2.36. The minimum Gasteiger partial charge on any atom is -0.428 e. The van der Waals surface area contributed by atoms with Crippen LogP contribution < -0.4 is 0 Å². The molecule has 0 aromatic rings. The minimum atomic E-state index is -0.979. The zero-order chi connectivity index (χ0) is 34.1. The Morgan fingerprint density at radius 2 is 1.02 bits per heavy atom. The van der Waals surface area contributed by atoms with E-state index >= 15 is 0 Å². The summed E-state index contributed by atoms with van der Waals surface area (Å²) >= 11 is 0. The second-order valence-electron chi connectivity index (χ2n) is 16.3. The van der Waals surface area contributed by atoms with Gasteiger partial charge in [-0.25, -0.2) is 4.79 Å². The average Bonchev–Trinajstić information content (AvgIpc) is 2.93. The first kappa shape index (κ1) is 41.0. The number of hydrogen-bond donors (Lipinski definition) is 0. The highest BCUT2D eigenvalue weighted by Crippen LogP contribution is 2.39. The Bertz CT molecular complexity index is 786. The van der Waals surface area contributed by atoms with Crippen molar-refractivity contribution >= 4 is 18.3 Å². The molecule has 0 aliphatic heterocycles. The van der Waals surface area contributed by atoms with Crippen LogP contribution in [0.3, 0.4) is 0 Å². The van der Waals surface area contributed by atoms with E-state index in [1.807, 2.05) is 0 Å². The summed E-state index contributed by atoms with van der Waals surface area (Å²) in [6, 6.07) is 0. The Kier molecular flexibility index (Phi) is 18.5. The number of ether oxygens (including phenoxy) is 2. The van der Waals surface area contributed by atoms with Crippen LogP contribution in [0, 0.1) is 28.1 Å². The van der Waals surface area contributed by atoms with E-state index in [0.717, 1.165) is 77.0 Å². The lowest BCUT2D eigenvalue weighted by Crippen LogP contribution is -2.31. The molecule has 2 saturated carbocycles. The number of carbonyl (C=O) groups is 3. The normalized spacial score (nSPS) is 22.4. The Hall–Kier alpha value is -2.03. The first-order valence-corrected chi connectivity index (χ1v) is 17.5. The van der Waals surface area contributed by atoms with Gasteiger partial charge in [-0.05, 0) is 98.7 Å². The third kappa shape index (κ3) is 20.0. The molecule has 45 heavy (non-hydrogen) atoms. The molecule has 0 unspecified atom stereocenters. The molecule has 0 aromatic carbocycles. The number of hydrogen-bond acceptors (Lipinski definition) is 9. The van der Waals surface area contributed by atoms with Crippen molar-refractivity contribution in [2.24, 2.45) is 28.1 Å². The molecular weight excluding hydrogens is 576 g/mol. The Balaban J connectivity index is 0.000000512. The highest BCUT2D eigenvalue weighted by atomic mass is 17.3. The second-order valence-corrected chi connectivity index (χ2v) is 16.3. The van der Waals surface area contributed by atoms with E-state index in [4.69, 9.17) is 14.4 Å². The third-order valence-electron chi connectivity index (χ3n) is 9.04. The van der Waals surface area contributed by atoms with Crippen molar-refractivity contribution in [2.45, 2.75) is 178 Å². The van der Waals surface area contributed by atoms with Gasteiger partial charge in [0.15, 0.2) is 0 Å². The lowest BCUT2D eigenvalue weighted by molar-refractivity contribution is -0.272. The van der Waals surface area contributed by atoms with Gasteiger partial charge in [0, 0.05) is 6.42 Å². The lowest BCUT2D eigenvalue weighted by atomic mass is 9.72. The molecule has 0 N–H and O–H groups in total. The fourth-order valence-corrected chi connectivity index (χ4v) is 5.93. The molecule has 2 aliphatic rings. The summed E-state index contributed by atoms with van der Waals surface area (Å²) < 4.78 is 10.5. The molecule has 0 atom stereocenters. The largest absolute Gasteiger partial charge is 0.550 e. The van der Waals surface area contributed by atoms with Gasteiger partial charge in [-0.1, -0.05) is 88.5 Å². The van der Waals surface area contributed by atoms with E-state index in [-0.39, 0.29) is 29.0 Å². The van der Waals surface area contributed by atoms with Gasteiger partial charge >= 0.3 is 18.3 Å². The molecule has 0 heterocycles. The molecule has 2 rings (SSSR count). The summed E-state index contributed by atoms with van der Waals surface area (Å²) in [4.78, 5) is 53.2. The topological polar surface area (TPSA) is 107 Å². The predicted octanol–water partition coefficient (Wildman–Crippen LogP) is 10.7. The van der Waals surface area contributed by atoms with E-state index in [1.54, 1.807) is 0 Å². The van der Waals surface area contributed by atoms with Crippen molar-refractivity contribution in [1.29, 1.82) is 0 Å². The van der Waals surface area contributed by atoms with Crippen LogP contribution in [0.1, 0.15) is 166 Å². The van der Waals surface area contributed by atoms with Crippen molar-refractivity contribution in [2.75, 3.05) is 6.61 Å². The maximum atomic E-state index is 11.8. The Labute approximate surface area is 274 Å². The van der Waals surface area contributed by atoms with Gasteiger partial charge < -0.3 is 9.47 Å². The van der Waals surface area contributed by atoms with Crippen molar-refractivity contribution in [3.8, 4) is 0 Å². The van der Waals surface area contributed by atoms with Crippen LogP contribution in [-0.2, 0) is 33.8 Å². The quantitative estimate of drug-likeness (QED) is 0.0941. The average molecular weight is 643 g/mol. The first-order valence-electron chi connectivity index (χ1n) is 17.5. The van der Waals surface area contributed by atoms with Gasteiger partial charge in [0.2, 0.25) is 0 Å². The summed E-state index contributed by atoms with van der Waals surface area (Å²) in [5.41, 5.74) is 0.929. The molecule has 0 saturated heterocycles. The molecule has 264 valence electrons. The SMILES string of the molecule is CC(C)(C)C1CCC(OC(=O)OOC(=O)OC2CCC(C(C)(C)C)CC2)CC1.CCCCOOC(=O)CCCCCC(C)(C)C. The fraction of sp³-hybridized carbons (Fsp3) is 0.917. The van der Waals surface area contributed by atoms with Gasteiger partial charge in [-0.3, -0.25) is 4.89 Å². The van der Waals surface area contributed by atoms with Gasteiger partial charge in [-0.2, -0.15) is 24.3 Å². The molecular formula is C36H66O9. The van der Waals surface area contributed by atoms with E-state index in [0.29, 0.717) is 30.3 Å². The maximum absolute atomic E-state index is 11.8. The number of unbranched alkanes of at least 4 members (excludes halogenated alkanes) is 3. The van der Waals surface area contributed by atoms with Crippen LogP contribution in [0.15, 0.2) is 0 Å². The van der Waals surface area contributed by atoms with E-state index in [9.17, 15) is 14.4 Å². The summed E-state index contributed by atoms with van der Waals surface area (Å²) in [6.07, 6.45) is 11.8. The minimum absolute atomic E-state index is 0.182. The fourth-order valence-electron chi connectivity index (χ4n) is 5.93. The first-order chi connectivity index (χ1) is 20.9. The zero-order valence-corrected chi connectivity index (χ0v) is 30.3. The molecule has 0 radical (unpaired) electrons. The van der Waals surface area contributed by atoms with E-state index in [1.165, 1.54) is 12.8 Å². The van der Waals surface area contributed by atoms with Crippen molar-refractivity contribution in [3.05, 3.63) is 0 Å². The molecule has 0 aromatic heterocycles.